The van der Waals surface area contributed by atoms with Gasteiger partial charge in [-0.1, -0.05) is 15.9 Å². The van der Waals surface area contributed by atoms with E-state index in [0.717, 1.165) is 15.7 Å². The fourth-order valence-electron chi connectivity index (χ4n) is 1.88. The number of ether oxygens (including phenoxy) is 1. The number of anilines is 1. The van der Waals surface area contributed by atoms with Gasteiger partial charge in [0.2, 0.25) is 5.91 Å². The van der Waals surface area contributed by atoms with Crippen molar-refractivity contribution < 1.29 is 14.3 Å². The average Bonchev–Trinajstić information content (AvgIpc) is 2.41. The van der Waals surface area contributed by atoms with Crippen LogP contribution in [-0.4, -0.2) is 44.0 Å². The van der Waals surface area contributed by atoms with Crippen LogP contribution in [0.1, 0.15) is 18.4 Å². The first kappa shape index (κ1) is 17.7. The Morgan fingerprint density at radius 2 is 2.10 bits per heavy atom. The Balaban J connectivity index is 2.37. The number of amides is 1. The molecule has 6 heteroatoms. The Hall–Kier alpha value is -1.40. The Morgan fingerprint density at radius 1 is 1.38 bits per heavy atom. The lowest BCUT2D eigenvalue weighted by Gasteiger charge is -2.16. The predicted molar refractivity (Wildman–Crippen MR) is 86.3 cm³/mol. The molecule has 0 aliphatic rings. The van der Waals surface area contributed by atoms with E-state index in [2.05, 4.69) is 26.0 Å². The average molecular weight is 357 g/mol. The zero-order valence-electron chi connectivity index (χ0n) is 12.6. The fourth-order valence-corrected chi connectivity index (χ4v) is 2.35. The second-order valence-corrected chi connectivity index (χ2v) is 5.84. The van der Waals surface area contributed by atoms with Crippen molar-refractivity contribution in [2.45, 2.75) is 19.8 Å². The van der Waals surface area contributed by atoms with Gasteiger partial charge in [0.1, 0.15) is 0 Å². The summed E-state index contributed by atoms with van der Waals surface area (Å²) >= 11 is 3.39. The van der Waals surface area contributed by atoms with Crippen LogP contribution in [0.5, 0.6) is 0 Å². The van der Waals surface area contributed by atoms with E-state index in [0.29, 0.717) is 19.4 Å². The van der Waals surface area contributed by atoms with E-state index >= 15 is 0 Å². The van der Waals surface area contributed by atoms with Gasteiger partial charge >= 0.3 is 5.97 Å². The van der Waals surface area contributed by atoms with Gasteiger partial charge in [-0.3, -0.25) is 14.5 Å². The van der Waals surface area contributed by atoms with Gasteiger partial charge in [-0.2, -0.15) is 0 Å². The zero-order valence-corrected chi connectivity index (χ0v) is 14.2. The maximum Gasteiger partial charge on any atom is 0.305 e. The summed E-state index contributed by atoms with van der Waals surface area (Å²) in [5.74, 6) is -0.292. The third-order valence-electron chi connectivity index (χ3n) is 3.02. The molecule has 0 heterocycles. The molecule has 0 saturated carbocycles. The Labute approximate surface area is 133 Å². The van der Waals surface area contributed by atoms with E-state index < -0.39 is 0 Å². The molecule has 1 rings (SSSR count). The summed E-state index contributed by atoms with van der Waals surface area (Å²) in [7, 11) is 3.23. The van der Waals surface area contributed by atoms with Gasteiger partial charge in [0.15, 0.2) is 0 Å². The van der Waals surface area contributed by atoms with Crippen LogP contribution in [0, 0.1) is 6.92 Å². The molecule has 0 bridgehead atoms. The molecule has 0 radical (unpaired) electrons. The molecule has 0 atom stereocenters. The number of carbonyl (C=O) groups excluding carboxylic acids is 2. The lowest BCUT2D eigenvalue weighted by Crippen LogP contribution is -2.31. The number of likely N-dealkylation sites (N-methyl/N-ethyl adjacent to an activating group) is 1. The second kappa shape index (κ2) is 8.79. The number of hydrogen-bond donors (Lipinski definition) is 1. The summed E-state index contributed by atoms with van der Waals surface area (Å²) in [5, 5.41) is 2.89. The summed E-state index contributed by atoms with van der Waals surface area (Å²) in [5.41, 5.74) is 1.82. The highest BCUT2D eigenvalue weighted by Crippen LogP contribution is 2.19. The van der Waals surface area contributed by atoms with E-state index in [1.807, 2.05) is 37.1 Å². The number of nitrogens with zero attached hydrogens (tertiary/aromatic N) is 1. The molecule has 21 heavy (non-hydrogen) atoms. The molecular weight excluding hydrogens is 336 g/mol. The van der Waals surface area contributed by atoms with E-state index in [4.69, 9.17) is 0 Å². The van der Waals surface area contributed by atoms with E-state index in [-0.39, 0.29) is 18.4 Å². The highest BCUT2D eigenvalue weighted by molar-refractivity contribution is 9.10. The van der Waals surface area contributed by atoms with Crippen molar-refractivity contribution in [3.05, 3.63) is 28.2 Å². The second-order valence-electron chi connectivity index (χ2n) is 4.92. The fraction of sp³-hybridized carbons (Fsp3) is 0.467. The van der Waals surface area contributed by atoms with Crippen molar-refractivity contribution in [3.63, 3.8) is 0 Å². The number of esters is 1. The maximum atomic E-state index is 12.0. The standard InChI is InChI=1S/C15H21BrN2O3/c1-11-9-12(16)6-7-13(11)17-14(19)10-18(2)8-4-5-15(20)21-3/h6-7,9H,4-5,8,10H2,1-3H3,(H,17,19). The number of methoxy groups -OCH3 is 1. The molecule has 1 aromatic rings. The molecule has 0 unspecified atom stereocenters. The third-order valence-corrected chi connectivity index (χ3v) is 3.52. The molecule has 0 saturated heterocycles. The Bertz CT molecular complexity index is 506. The van der Waals surface area contributed by atoms with Crippen molar-refractivity contribution in [1.82, 2.24) is 4.90 Å². The Kier molecular flexibility index (Phi) is 7.39. The van der Waals surface area contributed by atoms with Crippen LogP contribution in [0.4, 0.5) is 5.69 Å². The van der Waals surface area contributed by atoms with Crippen LogP contribution in [0.15, 0.2) is 22.7 Å². The van der Waals surface area contributed by atoms with Crippen molar-refractivity contribution in [2.24, 2.45) is 0 Å². The maximum absolute atomic E-state index is 12.0. The van der Waals surface area contributed by atoms with Crippen LogP contribution in [-0.2, 0) is 14.3 Å². The summed E-state index contributed by atoms with van der Waals surface area (Å²) in [4.78, 5) is 24.8. The minimum absolute atomic E-state index is 0.0685. The lowest BCUT2D eigenvalue weighted by molar-refractivity contribution is -0.140. The minimum Gasteiger partial charge on any atom is -0.469 e. The van der Waals surface area contributed by atoms with Crippen LogP contribution in [0.2, 0.25) is 0 Å². The molecule has 116 valence electrons. The smallest absolute Gasteiger partial charge is 0.305 e. The molecule has 0 aromatic heterocycles. The van der Waals surface area contributed by atoms with Crippen molar-refractivity contribution in [1.29, 1.82) is 0 Å². The largest absolute Gasteiger partial charge is 0.469 e. The summed E-state index contributed by atoms with van der Waals surface area (Å²) in [6, 6.07) is 5.72. The molecule has 0 aliphatic carbocycles. The lowest BCUT2D eigenvalue weighted by atomic mass is 10.2. The topological polar surface area (TPSA) is 58.6 Å². The van der Waals surface area contributed by atoms with Crippen LogP contribution in [0.25, 0.3) is 0 Å². The van der Waals surface area contributed by atoms with Gasteiger partial charge in [-0.15, -0.1) is 0 Å². The molecule has 0 spiro atoms. The van der Waals surface area contributed by atoms with E-state index in [1.54, 1.807) is 0 Å². The third kappa shape index (κ3) is 6.73. The first-order valence-corrected chi connectivity index (χ1v) is 7.53. The number of carbonyl (C=O) groups is 2. The van der Waals surface area contributed by atoms with Crippen LogP contribution in [0.3, 0.4) is 0 Å². The van der Waals surface area contributed by atoms with Gasteiger partial charge in [-0.25, -0.2) is 0 Å². The first-order valence-electron chi connectivity index (χ1n) is 6.73. The van der Waals surface area contributed by atoms with Crippen molar-refractivity contribution in [3.8, 4) is 0 Å². The quantitative estimate of drug-likeness (QED) is 0.762. The number of halogens is 1. The van der Waals surface area contributed by atoms with Gasteiger partial charge < -0.3 is 10.1 Å². The number of aryl methyl sites for hydroxylation is 1. The highest BCUT2D eigenvalue weighted by atomic mass is 79.9. The van der Waals surface area contributed by atoms with E-state index in [1.165, 1.54) is 7.11 Å². The molecule has 5 nitrogen and oxygen atoms in total. The number of hydrogen-bond acceptors (Lipinski definition) is 4. The molecule has 1 amide bonds. The molecule has 0 fully saturated rings. The summed E-state index contributed by atoms with van der Waals surface area (Å²) in [6.45, 7) is 2.90. The van der Waals surface area contributed by atoms with Crippen LogP contribution >= 0.6 is 15.9 Å². The van der Waals surface area contributed by atoms with Crippen molar-refractivity contribution >= 4 is 33.5 Å². The van der Waals surface area contributed by atoms with Gasteiger partial charge in [0.05, 0.1) is 13.7 Å². The minimum atomic E-state index is -0.224. The van der Waals surface area contributed by atoms with Gasteiger partial charge in [0, 0.05) is 16.6 Å². The van der Waals surface area contributed by atoms with Crippen molar-refractivity contribution in [2.75, 3.05) is 32.6 Å². The SMILES string of the molecule is COC(=O)CCCN(C)CC(=O)Nc1ccc(Br)cc1C. The number of benzene rings is 1. The molecule has 1 N–H and O–H groups in total. The normalized spacial score (nSPS) is 10.5. The van der Waals surface area contributed by atoms with Gasteiger partial charge in [-0.05, 0) is 50.7 Å². The first-order chi connectivity index (χ1) is 9.92. The summed E-state index contributed by atoms with van der Waals surface area (Å²) in [6.07, 6.45) is 1.04. The number of nitrogens with one attached hydrogen (secondary N) is 1. The molecule has 1 aromatic carbocycles. The monoisotopic (exact) mass is 356 g/mol. The van der Waals surface area contributed by atoms with Crippen LogP contribution < -0.4 is 5.32 Å². The van der Waals surface area contributed by atoms with Gasteiger partial charge in [0.25, 0.3) is 0 Å². The Morgan fingerprint density at radius 3 is 2.71 bits per heavy atom. The molecular formula is C15H21BrN2O3. The molecule has 0 aliphatic heterocycles. The highest BCUT2D eigenvalue weighted by Gasteiger charge is 2.09. The predicted octanol–water partition coefficient (Wildman–Crippen LogP) is 2.58. The number of rotatable bonds is 7. The zero-order chi connectivity index (χ0) is 15.8. The summed E-state index contributed by atoms with van der Waals surface area (Å²) < 4.78 is 5.56. The van der Waals surface area contributed by atoms with E-state index in [9.17, 15) is 9.59 Å².